The number of hydrogen-bond acceptors (Lipinski definition) is 7. The number of hydrogen-bond donors (Lipinski definition) is 2. The number of nitrogens with zero attached hydrogens (tertiary/aromatic N) is 4. The topological polar surface area (TPSA) is 126 Å². The molecule has 48 heavy (non-hydrogen) atoms. The number of benzene rings is 2. The summed E-state index contributed by atoms with van der Waals surface area (Å²) in [5.41, 5.74) is 8.09. The summed E-state index contributed by atoms with van der Waals surface area (Å²) in [6, 6.07) is 18.8. The quantitative estimate of drug-likeness (QED) is 0.174. The van der Waals surface area contributed by atoms with Gasteiger partial charge in [0.1, 0.15) is 23.7 Å². The van der Waals surface area contributed by atoms with Crippen LogP contribution in [0, 0.1) is 27.7 Å². The summed E-state index contributed by atoms with van der Waals surface area (Å²) >= 11 is 0. The number of likely N-dealkylation sites (N-methyl/N-ethyl adjacent to an activating group) is 1. The monoisotopic (exact) mass is 642 g/mol. The van der Waals surface area contributed by atoms with Gasteiger partial charge in [0, 0.05) is 48.5 Å². The highest BCUT2D eigenvalue weighted by molar-refractivity contribution is 5.99. The Morgan fingerprint density at radius 1 is 0.938 bits per heavy atom. The lowest BCUT2D eigenvalue weighted by atomic mass is 10.0. The molecular formula is C38H38N6O4. The first-order valence-corrected chi connectivity index (χ1v) is 15.5. The lowest BCUT2D eigenvalue weighted by Gasteiger charge is -2.23. The molecule has 0 unspecified atom stereocenters. The molecule has 5 rings (SSSR count). The fraction of sp³-hybridized carbons (Fsp3) is 0.211. The molecule has 10 heteroatoms. The highest BCUT2D eigenvalue weighted by Crippen LogP contribution is 2.30. The van der Waals surface area contributed by atoms with Crippen LogP contribution in [0.1, 0.15) is 39.1 Å². The van der Waals surface area contributed by atoms with E-state index >= 15 is 0 Å². The van der Waals surface area contributed by atoms with Crippen molar-refractivity contribution in [3.8, 4) is 5.75 Å². The van der Waals surface area contributed by atoms with Gasteiger partial charge in [-0.1, -0.05) is 18.2 Å². The van der Waals surface area contributed by atoms with Crippen LogP contribution < -0.4 is 20.3 Å². The number of carbonyl (C=O) groups is 3. The fourth-order valence-corrected chi connectivity index (χ4v) is 5.38. The van der Waals surface area contributed by atoms with Gasteiger partial charge in [-0.15, -0.1) is 0 Å². The van der Waals surface area contributed by atoms with Crippen LogP contribution in [0.25, 0.3) is 17.0 Å². The van der Waals surface area contributed by atoms with Gasteiger partial charge in [-0.25, -0.2) is 9.97 Å². The minimum Gasteiger partial charge on any atom is -0.487 e. The fourth-order valence-electron chi connectivity index (χ4n) is 5.38. The van der Waals surface area contributed by atoms with E-state index in [2.05, 4.69) is 33.6 Å². The Balaban J connectivity index is 1.15. The Labute approximate surface area is 279 Å². The lowest BCUT2D eigenvalue weighted by molar-refractivity contribution is -0.122. The van der Waals surface area contributed by atoms with Crippen LogP contribution in [0.5, 0.6) is 5.75 Å². The van der Waals surface area contributed by atoms with Gasteiger partial charge in [0.15, 0.2) is 0 Å². The van der Waals surface area contributed by atoms with E-state index < -0.39 is 5.91 Å². The second-order valence-electron chi connectivity index (χ2n) is 11.6. The Morgan fingerprint density at radius 3 is 2.48 bits per heavy atom. The van der Waals surface area contributed by atoms with Crippen LogP contribution in [0.3, 0.4) is 0 Å². The molecule has 0 radical (unpaired) electrons. The molecule has 3 amide bonds. The molecule has 0 saturated heterocycles. The number of amides is 3. The molecule has 0 saturated carbocycles. The average molecular weight is 643 g/mol. The molecule has 5 aromatic rings. The molecule has 0 aliphatic carbocycles. The van der Waals surface area contributed by atoms with Crippen molar-refractivity contribution in [2.24, 2.45) is 0 Å². The Hall–Kier alpha value is -5.90. The Kier molecular flexibility index (Phi) is 10.5. The zero-order valence-electron chi connectivity index (χ0n) is 27.7. The third kappa shape index (κ3) is 8.27. The summed E-state index contributed by atoms with van der Waals surface area (Å²) in [5, 5.41) is 6.45. The van der Waals surface area contributed by atoms with Crippen molar-refractivity contribution in [1.29, 1.82) is 0 Å². The third-order valence-corrected chi connectivity index (χ3v) is 8.06. The van der Waals surface area contributed by atoms with Crippen molar-refractivity contribution < 1.29 is 19.1 Å². The highest BCUT2D eigenvalue weighted by Gasteiger charge is 2.18. The largest absolute Gasteiger partial charge is 0.487 e. The van der Waals surface area contributed by atoms with E-state index in [1.165, 1.54) is 6.08 Å². The predicted octanol–water partition coefficient (Wildman–Crippen LogP) is 5.81. The van der Waals surface area contributed by atoms with Crippen LogP contribution in [-0.4, -0.2) is 46.3 Å². The minimum atomic E-state index is -0.421. The van der Waals surface area contributed by atoms with Gasteiger partial charge < -0.3 is 20.3 Å². The molecule has 0 aliphatic rings. The van der Waals surface area contributed by atoms with E-state index in [1.54, 1.807) is 60.9 Å². The summed E-state index contributed by atoms with van der Waals surface area (Å²) in [4.78, 5) is 52.3. The van der Waals surface area contributed by atoms with E-state index in [4.69, 9.17) is 9.72 Å². The number of ether oxygens (including phenoxy) is 1. The van der Waals surface area contributed by atoms with Gasteiger partial charge in [0.05, 0.1) is 13.0 Å². The third-order valence-electron chi connectivity index (χ3n) is 8.06. The molecule has 2 aromatic carbocycles. The maximum absolute atomic E-state index is 13.1. The molecule has 0 aliphatic heterocycles. The van der Waals surface area contributed by atoms with E-state index in [9.17, 15) is 14.4 Å². The predicted molar refractivity (Wildman–Crippen MR) is 188 cm³/mol. The number of fused-ring (bicyclic) bond motifs is 1. The van der Waals surface area contributed by atoms with Gasteiger partial charge in [-0.3, -0.25) is 19.4 Å². The standard InChI is InChI=1S/C38H38N6O4/c1-24-9-12-32(27(4)31(24)23-48-33-8-6-7-30-25(2)19-26(3)42-38(30)33)44(5)37(47)22-41-35(45)14-11-29-10-13-34(40-21-29)43-36(46)20-28-15-17-39-18-16-28/h6-19,21H,20,22-23H2,1-5H3,(H,41,45)(H,40,43,46). The second kappa shape index (κ2) is 15.1. The van der Waals surface area contributed by atoms with Gasteiger partial charge >= 0.3 is 0 Å². The Bertz CT molecular complexity index is 1990. The summed E-state index contributed by atoms with van der Waals surface area (Å²) in [6.07, 6.45) is 7.95. The first-order chi connectivity index (χ1) is 23.1. The van der Waals surface area contributed by atoms with Crippen molar-refractivity contribution in [1.82, 2.24) is 20.3 Å². The van der Waals surface area contributed by atoms with Crippen molar-refractivity contribution >= 4 is 46.2 Å². The van der Waals surface area contributed by atoms with Crippen LogP contribution in [0.4, 0.5) is 11.5 Å². The molecule has 3 aromatic heterocycles. The molecule has 3 heterocycles. The Morgan fingerprint density at radius 2 is 1.73 bits per heavy atom. The normalized spacial score (nSPS) is 11.0. The van der Waals surface area contributed by atoms with Crippen molar-refractivity contribution in [2.75, 3.05) is 23.8 Å². The SMILES string of the molecule is Cc1cc(C)c2cccc(OCc3c(C)ccc(N(C)C(=O)CNC(=O)C=Cc4ccc(NC(=O)Cc5ccncc5)nc4)c3C)c2n1. The van der Waals surface area contributed by atoms with Gasteiger partial charge in [-0.05, 0) is 110 Å². The van der Waals surface area contributed by atoms with Crippen molar-refractivity contribution in [3.63, 3.8) is 0 Å². The van der Waals surface area contributed by atoms with Crippen molar-refractivity contribution in [2.45, 2.75) is 40.7 Å². The van der Waals surface area contributed by atoms with E-state index in [1.807, 2.05) is 51.1 Å². The van der Waals surface area contributed by atoms with Crippen molar-refractivity contribution in [3.05, 3.63) is 124 Å². The number of carbonyl (C=O) groups excluding carboxylic acids is 3. The summed E-state index contributed by atoms with van der Waals surface area (Å²) < 4.78 is 6.30. The zero-order chi connectivity index (χ0) is 34.2. The molecule has 0 fully saturated rings. The number of nitrogens with one attached hydrogen (secondary N) is 2. The molecule has 0 atom stereocenters. The summed E-state index contributed by atoms with van der Waals surface area (Å²) in [5.74, 6) is 0.226. The number of aryl methyl sites for hydroxylation is 3. The zero-order valence-corrected chi connectivity index (χ0v) is 27.7. The maximum Gasteiger partial charge on any atom is 0.246 e. The molecule has 2 N–H and O–H groups in total. The molecule has 244 valence electrons. The van der Waals surface area contributed by atoms with Crippen LogP contribution in [-0.2, 0) is 27.4 Å². The number of para-hydroxylation sites is 1. The number of anilines is 2. The average Bonchev–Trinajstić information content (AvgIpc) is 3.07. The molecule has 0 bridgehead atoms. The lowest BCUT2D eigenvalue weighted by Crippen LogP contribution is -2.38. The van der Waals surface area contributed by atoms with E-state index in [-0.39, 0.29) is 24.8 Å². The summed E-state index contributed by atoms with van der Waals surface area (Å²) in [6.45, 7) is 8.16. The number of pyridine rings is 3. The second-order valence-corrected chi connectivity index (χ2v) is 11.6. The number of rotatable bonds is 11. The smallest absolute Gasteiger partial charge is 0.246 e. The summed E-state index contributed by atoms with van der Waals surface area (Å²) in [7, 11) is 1.69. The van der Waals surface area contributed by atoms with E-state index in [0.29, 0.717) is 23.7 Å². The van der Waals surface area contributed by atoms with E-state index in [0.717, 1.165) is 50.1 Å². The molecule has 10 nitrogen and oxygen atoms in total. The van der Waals surface area contributed by atoms with Crippen LogP contribution in [0.15, 0.2) is 85.3 Å². The first kappa shape index (κ1) is 33.5. The molecule has 0 spiro atoms. The van der Waals surface area contributed by atoms with Crippen LogP contribution in [0.2, 0.25) is 0 Å². The van der Waals surface area contributed by atoms with Gasteiger partial charge in [0.2, 0.25) is 17.7 Å². The maximum atomic E-state index is 13.1. The highest BCUT2D eigenvalue weighted by atomic mass is 16.5. The minimum absolute atomic E-state index is 0.181. The first-order valence-electron chi connectivity index (χ1n) is 15.5. The van der Waals surface area contributed by atoms with Crippen LogP contribution >= 0.6 is 0 Å². The van der Waals surface area contributed by atoms with Gasteiger partial charge in [0.25, 0.3) is 0 Å². The number of aromatic nitrogens is 3. The van der Waals surface area contributed by atoms with Gasteiger partial charge in [-0.2, -0.15) is 0 Å². The molecular weight excluding hydrogens is 604 g/mol.